The normalized spacial score (nSPS) is 21.9. The van der Waals surface area contributed by atoms with Crippen molar-refractivity contribution in [3.8, 4) is 0 Å². The van der Waals surface area contributed by atoms with Crippen LogP contribution in [-0.4, -0.2) is 41.8 Å². The minimum absolute atomic E-state index is 0.0643. The van der Waals surface area contributed by atoms with Crippen LogP contribution >= 0.6 is 35.1 Å². The van der Waals surface area contributed by atoms with Crippen LogP contribution in [0, 0.1) is 5.82 Å². The maximum Gasteiger partial charge on any atom is 0.335 e. The van der Waals surface area contributed by atoms with E-state index in [1.54, 1.807) is 36.5 Å². The van der Waals surface area contributed by atoms with Crippen molar-refractivity contribution >= 4 is 50.9 Å². The third-order valence-corrected chi connectivity index (χ3v) is 10.4. The number of ether oxygens (including phenoxy) is 1. The monoisotopic (exact) mass is 450 g/mol. The molecule has 0 N–H and O–H groups in total. The Kier molecular flexibility index (Phi) is 6.50. The molecule has 1 aromatic carbocycles. The number of thioether (sulfide) groups is 2. The Balaban J connectivity index is 1.93. The summed E-state index contributed by atoms with van der Waals surface area (Å²) in [5.74, 6) is 0.493. The first-order valence-corrected chi connectivity index (χ1v) is 12.7. The lowest BCUT2D eigenvalue weighted by Crippen LogP contribution is -2.36. The molecule has 1 unspecified atom stereocenters. The number of benzene rings is 1. The van der Waals surface area contributed by atoms with Gasteiger partial charge in [-0.25, -0.2) is 17.6 Å². The van der Waals surface area contributed by atoms with Gasteiger partial charge in [-0.15, -0.1) is 23.5 Å². The van der Waals surface area contributed by atoms with Gasteiger partial charge >= 0.3 is 5.97 Å². The van der Waals surface area contributed by atoms with Gasteiger partial charge in [-0.1, -0.05) is 17.7 Å². The molecular weight excluding hydrogens is 431 g/mol. The van der Waals surface area contributed by atoms with Crippen LogP contribution in [0.3, 0.4) is 0 Å². The Morgan fingerprint density at radius 3 is 2.70 bits per heavy atom. The van der Waals surface area contributed by atoms with Gasteiger partial charge in [-0.3, -0.25) is 0 Å². The summed E-state index contributed by atoms with van der Waals surface area (Å²) < 4.78 is 44.3. The average molecular weight is 451 g/mol. The van der Waals surface area contributed by atoms with Gasteiger partial charge in [0.2, 0.25) is 0 Å². The molecule has 3 rings (SSSR count). The summed E-state index contributed by atoms with van der Waals surface area (Å²) in [5.41, 5.74) is 0.536. The summed E-state index contributed by atoms with van der Waals surface area (Å²) in [6.07, 6.45) is 2.82. The molecule has 2 aliphatic rings. The highest BCUT2D eigenvalue weighted by Crippen LogP contribution is 2.52. The van der Waals surface area contributed by atoms with Crippen molar-refractivity contribution in [2.45, 2.75) is 34.8 Å². The maximum atomic E-state index is 13.2. The van der Waals surface area contributed by atoms with E-state index < -0.39 is 26.9 Å². The van der Waals surface area contributed by atoms with Gasteiger partial charge in [-0.05, 0) is 43.5 Å². The molecule has 1 saturated heterocycles. The number of sulfone groups is 1. The first kappa shape index (κ1) is 21.0. The Bertz CT molecular complexity index is 863. The zero-order valence-corrected chi connectivity index (χ0v) is 17.9. The van der Waals surface area contributed by atoms with Crippen molar-refractivity contribution in [2.24, 2.45) is 0 Å². The van der Waals surface area contributed by atoms with Crippen molar-refractivity contribution in [1.82, 2.24) is 0 Å². The first-order valence-electron chi connectivity index (χ1n) is 8.59. The quantitative estimate of drug-likeness (QED) is 0.626. The summed E-state index contributed by atoms with van der Waals surface area (Å²) in [7, 11) is -3.72. The van der Waals surface area contributed by atoms with Crippen LogP contribution in [0.25, 0.3) is 0 Å². The molecule has 1 spiro atoms. The number of rotatable bonds is 5. The number of hydrogen-bond acceptors (Lipinski definition) is 6. The predicted octanol–water partition coefficient (Wildman–Crippen LogP) is 4.22. The minimum Gasteiger partial charge on any atom is -0.463 e. The molecule has 0 amide bonds. The lowest BCUT2D eigenvalue weighted by molar-refractivity contribution is -0.138. The Morgan fingerprint density at radius 2 is 2.07 bits per heavy atom. The molecule has 4 nitrogen and oxygen atoms in total. The van der Waals surface area contributed by atoms with E-state index in [2.05, 4.69) is 0 Å². The molecule has 1 aromatic rings. The molecule has 0 radical (unpaired) electrons. The second kappa shape index (κ2) is 8.35. The molecule has 0 aromatic heterocycles. The highest BCUT2D eigenvalue weighted by molar-refractivity contribution is 8.21. The molecule has 1 aliphatic heterocycles. The Morgan fingerprint density at radius 1 is 1.37 bits per heavy atom. The number of hydrogen-bond donors (Lipinski definition) is 0. The van der Waals surface area contributed by atoms with Crippen LogP contribution in [0.2, 0.25) is 5.02 Å². The second-order valence-corrected chi connectivity index (χ2v) is 12.1. The molecular formula is C18H20ClFO4S3. The van der Waals surface area contributed by atoms with Gasteiger partial charge < -0.3 is 4.74 Å². The molecule has 148 valence electrons. The van der Waals surface area contributed by atoms with Crippen LogP contribution < -0.4 is 0 Å². The number of carbonyl (C=O) groups is 1. The number of carbonyl (C=O) groups excluding carboxylic acids is 1. The van der Waals surface area contributed by atoms with E-state index in [1.165, 1.54) is 12.1 Å². The molecule has 1 aliphatic carbocycles. The number of esters is 1. The van der Waals surface area contributed by atoms with Crippen LogP contribution in [0.15, 0.2) is 29.8 Å². The predicted molar refractivity (Wildman–Crippen MR) is 109 cm³/mol. The molecule has 1 atom stereocenters. The number of halogens is 2. The molecule has 1 fully saturated rings. The summed E-state index contributed by atoms with van der Waals surface area (Å²) in [4.78, 5) is 12.5. The van der Waals surface area contributed by atoms with E-state index in [-0.39, 0.29) is 27.0 Å². The fourth-order valence-electron chi connectivity index (χ4n) is 3.32. The molecule has 0 saturated carbocycles. The van der Waals surface area contributed by atoms with Crippen molar-refractivity contribution in [2.75, 3.05) is 18.1 Å². The lowest BCUT2D eigenvalue weighted by Gasteiger charge is -2.33. The fraction of sp³-hybridized carbons (Fsp3) is 0.500. The van der Waals surface area contributed by atoms with E-state index in [1.807, 2.05) is 0 Å². The molecule has 1 heterocycles. The minimum atomic E-state index is -3.72. The zero-order chi connectivity index (χ0) is 19.7. The van der Waals surface area contributed by atoms with E-state index in [4.69, 9.17) is 16.3 Å². The van der Waals surface area contributed by atoms with Gasteiger partial charge in [0.05, 0.1) is 27.3 Å². The second-order valence-electron chi connectivity index (χ2n) is 6.40. The summed E-state index contributed by atoms with van der Waals surface area (Å²) in [5, 5.41) is -0.875. The maximum absolute atomic E-state index is 13.2. The van der Waals surface area contributed by atoms with Gasteiger partial charge in [0.25, 0.3) is 0 Å². The van der Waals surface area contributed by atoms with Gasteiger partial charge in [0.1, 0.15) is 5.82 Å². The van der Waals surface area contributed by atoms with Gasteiger partial charge in [-0.2, -0.15) is 0 Å². The van der Waals surface area contributed by atoms with E-state index in [9.17, 15) is 17.6 Å². The van der Waals surface area contributed by atoms with Crippen LogP contribution in [0.1, 0.15) is 25.3 Å². The highest BCUT2D eigenvalue weighted by atomic mass is 35.5. The lowest BCUT2D eigenvalue weighted by atomic mass is 9.98. The van der Waals surface area contributed by atoms with Gasteiger partial charge in [0.15, 0.2) is 9.84 Å². The largest absolute Gasteiger partial charge is 0.463 e. The highest BCUT2D eigenvalue weighted by Gasteiger charge is 2.45. The van der Waals surface area contributed by atoms with Crippen molar-refractivity contribution in [3.05, 3.63) is 46.3 Å². The third-order valence-electron chi connectivity index (χ3n) is 4.57. The van der Waals surface area contributed by atoms with Crippen LogP contribution in [-0.2, 0) is 25.1 Å². The topological polar surface area (TPSA) is 60.4 Å². The van der Waals surface area contributed by atoms with Crippen LogP contribution in [0.5, 0.6) is 0 Å². The van der Waals surface area contributed by atoms with Crippen molar-refractivity contribution < 1.29 is 22.3 Å². The average Bonchev–Trinajstić information content (AvgIpc) is 3.05. The SMILES string of the molecule is CCOC(=O)C1=CC2(CCC1S(=O)(=O)Cc1ccc(F)cc1Cl)SCCS2. The van der Waals surface area contributed by atoms with E-state index in [0.717, 1.165) is 17.6 Å². The molecule has 0 bridgehead atoms. The van der Waals surface area contributed by atoms with Crippen molar-refractivity contribution in [1.29, 1.82) is 0 Å². The summed E-state index contributed by atoms with van der Waals surface area (Å²) in [6.45, 7) is 1.87. The Hall–Kier alpha value is -0.700. The van der Waals surface area contributed by atoms with E-state index in [0.29, 0.717) is 18.4 Å². The van der Waals surface area contributed by atoms with E-state index >= 15 is 0 Å². The summed E-state index contributed by atoms with van der Waals surface area (Å²) in [6, 6.07) is 3.65. The fourth-order valence-corrected chi connectivity index (χ4v) is 8.69. The molecule has 9 heteroatoms. The smallest absolute Gasteiger partial charge is 0.335 e. The Labute approximate surface area is 172 Å². The van der Waals surface area contributed by atoms with Crippen LogP contribution in [0.4, 0.5) is 4.39 Å². The zero-order valence-electron chi connectivity index (χ0n) is 14.7. The first-order chi connectivity index (χ1) is 12.8. The third kappa shape index (κ3) is 4.66. The summed E-state index contributed by atoms with van der Waals surface area (Å²) >= 11 is 9.50. The van der Waals surface area contributed by atoms with Gasteiger partial charge in [0, 0.05) is 16.5 Å². The van der Waals surface area contributed by atoms with Crippen molar-refractivity contribution in [3.63, 3.8) is 0 Å². The standard InChI is InChI=1S/C18H20ClFO4S3/c1-2-24-17(21)14-10-18(25-7-8-26-18)6-5-16(14)27(22,23)11-12-3-4-13(20)9-15(12)19/h3-4,9-10,16H,2,5-8,11H2,1H3. The molecule has 27 heavy (non-hydrogen) atoms.